The van der Waals surface area contributed by atoms with E-state index in [1.165, 1.54) is 6.33 Å². The van der Waals surface area contributed by atoms with Crippen molar-refractivity contribution >= 4 is 39.5 Å². The molecule has 39 heavy (non-hydrogen) atoms. The van der Waals surface area contributed by atoms with Gasteiger partial charge < -0.3 is 19.0 Å². The Hall–Kier alpha value is -1.87. The first-order valence-corrected chi connectivity index (χ1v) is 19.6. The van der Waals surface area contributed by atoms with E-state index in [0.717, 1.165) is 0 Å². The highest BCUT2D eigenvalue weighted by Crippen LogP contribution is 2.52. The average Bonchev–Trinajstić information content (AvgIpc) is 3.32. The summed E-state index contributed by atoms with van der Waals surface area (Å²) in [6, 6.07) is 0. The topological polar surface area (TPSA) is 121 Å². The first kappa shape index (κ1) is 31.7. The average molecular weight is 580 g/mol. The molecule has 0 saturated carbocycles. The number of anilines is 1. The molecular formula is C27H49N5O5Si2. The van der Waals surface area contributed by atoms with Gasteiger partial charge in [-0.1, -0.05) is 54.6 Å². The van der Waals surface area contributed by atoms with Crippen molar-refractivity contribution in [2.45, 2.75) is 128 Å². The van der Waals surface area contributed by atoms with Crippen LogP contribution in [0.4, 0.5) is 10.6 Å². The number of nitrogens with one attached hydrogen (secondary N) is 1. The van der Waals surface area contributed by atoms with Crippen molar-refractivity contribution in [2.24, 2.45) is 0 Å². The number of carbonyl (C=O) groups is 1. The van der Waals surface area contributed by atoms with E-state index in [4.69, 9.17) is 13.9 Å². The van der Waals surface area contributed by atoms with Crippen LogP contribution in [0.1, 0.15) is 75.0 Å². The minimum absolute atomic E-state index is 0.0368. The molecule has 1 aliphatic heterocycles. The van der Waals surface area contributed by atoms with Crippen LogP contribution < -0.4 is 5.32 Å². The largest absolute Gasteiger partial charge is 0.444 e. The quantitative estimate of drug-likeness (QED) is 0.385. The summed E-state index contributed by atoms with van der Waals surface area (Å²) in [5, 5.41) is 14.0. The van der Waals surface area contributed by atoms with Crippen LogP contribution in [0.3, 0.4) is 0 Å². The number of rotatable bonds is 6. The highest BCUT2D eigenvalue weighted by Gasteiger charge is 2.62. The van der Waals surface area contributed by atoms with Crippen LogP contribution in [-0.2, 0) is 13.9 Å². The lowest BCUT2D eigenvalue weighted by Gasteiger charge is -2.49. The number of hydrogen-bond donors (Lipinski definition) is 2. The Morgan fingerprint density at radius 1 is 1.08 bits per heavy atom. The molecule has 0 radical (unpaired) electrons. The molecule has 220 valence electrons. The zero-order valence-electron chi connectivity index (χ0n) is 26.1. The molecule has 3 atom stereocenters. The lowest BCUT2D eigenvalue weighted by atomic mass is 10.1. The molecule has 1 aliphatic rings. The second-order valence-corrected chi connectivity index (χ2v) is 25.3. The third-order valence-electron chi connectivity index (χ3n) is 8.99. The molecule has 0 unspecified atom stereocenters. The lowest BCUT2D eigenvalue weighted by Crippen LogP contribution is -2.65. The van der Waals surface area contributed by atoms with Gasteiger partial charge in [0.05, 0.1) is 26.2 Å². The fraction of sp³-hybridized carbons (Fsp3) is 0.778. The van der Waals surface area contributed by atoms with E-state index in [0.29, 0.717) is 24.2 Å². The molecule has 1 amide bonds. The molecule has 2 aromatic heterocycles. The Morgan fingerprint density at radius 3 is 2.23 bits per heavy atom. The van der Waals surface area contributed by atoms with Gasteiger partial charge >= 0.3 is 6.09 Å². The number of hydrogen-bond acceptors (Lipinski definition) is 8. The van der Waals surface area contributed by atoms with Gasteiger partial charge in [0.2, 0.25) is 0 Å². The Kier molecular flexibility index (Phi) is 8.28. The lowest BCUT2D eigenvalue weighted by molar-refractivity contribution is -0.0549. The molecule has 0 aromatic carbocycles. The number of fused-ring (bicyclic) bond motifs is 1. The van der Waals surface area contributed by atoms with Gasteiger partial charge in [-0.15, -0.1) is 0 Å². The van der Waals surface area contributed by atoms with E-state index in [1.54, 1.807) is 27.1 Å². The summed E-state index contributed by atoms with van der Waals surface area (Å²) in [4.78, 5) is 25.6. The first-order chi connectivity index (χ1) is 17.5. The van der Waals surface area contributed by atoms with Crippen LogP contribution in [0, 0.1) is 0 Å². The second-order valence-electron chi connectivity index (χ2n) is 14.8. The summed E-state index contributed by atoms with van der Waals surface area (Å²) in [5.74, 6) is 0.253. The van der Waals surface area contributed by atoms with Crippen LogP contribution in [0.2, 0.25) is 36.3 Å². The maximum absolute atomic E-state index is 12.5. The third kappa shape index (κ3) is 6.24. The maximum atomic E-state index is 12.5. The fourth-order valence-electron chi connectivity index (χ4n) is 4.45. The van der Waals surface area contributed by atoms with E-state index >= 15 is 0 Å². The predicted molar refractivity (Wildman–Crippen MR) is 159 cm³/mol. The molecule has 1 saturated heterocycles. The molecule has 0 spiro atoms. The molecule has 3 heterocycles. The Bertz CT molecular complexity index is 1200. The van der Waals surface area contributed by atoms with Gasteiger partial charge in [-0.2, -0.15) is 0 Å². The van der Waals surface area contributed by atoms with Gasteiger partial charge in [-0.3, -0.25) is 9.88 Å². The molecular weight excluding hydrogens is 530 g/mol. The van der Waals surface area contributed by atoms with E-state index < -0.39 is 45.6 Å². The fourth-order valence-corrected chi connectivity index (χ4v) is 8.39. The monoisotopic (exact) mass is 579 g/mol. The van der Waals surface area contributed by atoms with Crippen molar-refractivity contribution in [1.82, 2.24) is 19.5 Å². The van der Waals surface area contributed by atoms with Gasteiger partial charge in [-0.05, 0) is 43.9 Å². The summed E-state index contributed by atoms with van der Waals surface area (Å²) >= 11 is 0. The first-order valence-electron chi connectivity index (χ1n) is 13.7. The van der Waals surface area contributed by atoms with Crippen molar-refractivity contribution in [1.29, 1.82) is 0 Å². The minimum atomic E-state index is -2.35. The summed E-state index contributed by atoms with van der Waals surface area (Å²) in [7, 11) is -4.43. The molecule has 12 heteroatoms. The molecule has 2 aromatic rings. The van der Waals surface area contributed by atoms with Gasteiger partial charge in [0, 0.05) is 6.42 Å². The van der Waals surface area contributed by atoms with E-state index in [-0.39, 0.29) is 15.9 Å². The minimum Gasteiger partial charge on any atom is -0.444 e. The summed E-state index contributed by atoms with van der Waals surface area (Å²) in [6.07, 6.45) is 1.76. The Morgan fingerprint density at radius 2 is 1.69 bits per heavy atom. The summed E-state index contributed by atoms with van der Waals surface area (Å²) < 4.78 is 20.4. The van der Waals surface area contributed by atoms with Crippen molar-refractivity contribution in [3.05, 3.63) is 12.7 Å². The molecule has 2 N–H and O–H groups in total. The smallest absolute Gasteiger partial charge is 0.413 e. The molecule has 1 fully saturated rings. The van der Waals surface area contributed by atoms with Crippen molar-refractivity contribution in [3.63, 3.8) is 0 Å². The number of carbonyl (C=O) groups excluding carboxylic acids is 1. The van der Waals surface area contributed by atoms with Crippen molar-refractivity contribution in [3.8, 4) is 0 Å². The van der Waals surface area contributed by atoms with E-state index in [9.17, 15) is 9.90 Å². The predicted octanol–water partition coefficient (Wildman–Crippen LogP) is 6.26. The maximum Gasteiger partial charge on any atom is 0.413 e. The number of imidazole rings is 1. The van der Waals surface area contributed by atoms with Gasteiger partial charge in [0.15, 0.2) is 25.3 Å². The van der Waals surface area contributed by atoms with Gasteiger partial charge in [0.25, 0.3) is 0 Å². The van der Waals surface area contributed by atoms with Gasteiger partial charge in [0.1, 0.15) is 24.3 Å². The van der Waals surface area contributed by atoms with Crippen molar-refractivity contribution < 1.29 is 23.8 Å². The SMILES string of the molecule is CC(C)(C)OC(=O)Nc1ncnc2c1ncn2[C@H]1C[C@@](O)([Si](C)(C)C(C)(C)C)[C@@H](CO[Si](C)(C)C(C)(C)C)O1. The Balaban J connectivity index is 1.97. The molecule has 0 bridgehead atoms. The summed E-state index contributed by atoms with van der Waals surface area (Å²) in [5.41, 5.74) is 0.275. The highest BCUT2D eigenvalue weighted by molar-refractivity contribution is 6.83. The second kappa shape index (κ2) is 10.2. The number of amides is 1. The molecule has 10 nitrogen and oxygen atoms in total. The van der Waals surface area contributed by atoms with Crippen LogP contribution in [-0.4, -0.2) is 70.6 Å². The van der Waals surface area contributed by atoms with Crippen LogP contribution in [0.25, 0.3) is 11.2 Å². The number of nitrogens with zero attached hydrogens (tertiary/aromatic N) is 4. The van der Waals surface area contributed by atoms with Crippen LogP contribution >= 0.6 is 0 Å². The number of ether oxygens (including phenoxy) is 2. The highest BCUT2D eigenvalue weighted by atomic mass is 28.4. The van der Waals surface area contributed by atoms with E-state index in [2.05, 4.69) is 88.0 Å². The number of aromatic nitrogens is 4. The van der Waals surface area contributed by atoms with Crippen LogP contribution in [0.15, 0.2) is 12.7 Å². The van der Waals surface area contributed by atoms with E-state index in [1.807, 2.05) is 4.57 Å². The third-order valence-corrected chi connectivity index (χ3v) is 19.9. The Labute approximate surface area is 235 Å². The molecule has 3 rings (SSSR count). The standard InChI is InChI=1S/C27H49N5O5Si2/c1-24(2,3)37-23(33)31-21-20-22(29-16-28-21)32(17-30-20)19-14-27(34,38(10,11)25(4,5)6)18(36-19)15-35-39(12,13)26(7,8)9/h16-19,34H,14-15H2,1-13H3,(H,28,29,31,33)/t18-,19-,27-/m1/s1. The zero-order valence-corrected chi connectivity index (χ0v) is 28.1. The zero-order chi connectivity index (χ0) is 29.8. The summed E-state index contributed by atoms with van der Waals surface area (Å²) in [6.45, 7) is 27.8. The molecule has 0 aliphatic carbocycles. The van der Waals surface area contributed by atoms with Crippen molar-refractivity contribution in [2.75, 3.05) is 11.9 Å². The van der Waals surface area contributed by atoms with Crippen LogP contribution in [0.5, 0.6) is 0 Å². The normalized spacial score (nSPS) is 23.3. The van der Waals surface area contributed by atoms with Gasteiger partial charge in [-0.25, -0.2) is 19.7 Å². The number of aliphatic hydroxyl groups is 1.